The molecule has 2 rings (SSSR count). The van der Waals surface area contributed by atoms with Gasteiger partial charge in [-0.25, -0.2) is 4.39 Å². The fourth-order valence-corrected chi connectivity index (χ4v) is 2.10. The van der Waals surface area contributed by atoms with Crippen LogP contribution in [0.5, 0.6) is 0 Å². The van der Waals surface area contributed by atoms with Gasteiger partial charge in [0.15, 0.2) is 0 Å². The number of hydrogen-bond donors (Lipinski definition) is 1. The molecule has 0 amide bonds. The first-order valence-electron chi connectivity index (χ1n) is 6.81. The van der Waals surface area contributed by atoms with Gasteiger partial charge < -0.3 is 14.5 Å². The van der Waals surface area contributed by atoms with Gasteiger partial charge in [-0.1, -0.05) is 19.1 Å². The molecular weight excluding hydrogens is 257 g/mol. The number of nitrogens with one attached hydrogen (secondary N) is 1. The number of hydrogen-bond acceptors (Lipinski definition) is 3. The molecule has 0 aliphatic rings. The summed E-state index contributed by atoms with van der Waals surface area (Å²) < 4.78 is 23.9. The van der Waals surface area contributed by atoms with Gasteiger partial charge in [-0.3, -0.25) is 0 Å². The van der Waals surface area contributed by atoms with Crippen LogP contribution in [0.15, 0.2) is 40.8 Å². The molecule has 1 N–H and O–H groups in total. The maximum atomic E-state index is 13.0. The normalized spacial score (nSPS) is 12.6. The molecule has 1 aromatic heterocycles. The minimum Gasteiger partial charge on any atom is -0.462 e. The third-order valence-corrected chi connectivity index (χ3v) is 3.06. The lowest BCUT2D eigenvalue weighted by Crippen LogP contribution is -2.22. The zero-order chi connectivity index (χ0) is 14.4. The van der Waals surface area contributed by atoms with Gasteiger partial charge in [-0.05, 0) is 42.8 Å². The van der Waals surface area contributed by atoms with Crippen molar-refractivity contribution in [2.45, 2.75) is 26.0 Å². The summed E-state index contributed by atoms with van der Waals surface area (Å²) in [6.07, 6.45) is 1.02. The molecule has 1 aromatic carbocycles. The van der Waals surface area contributed by atoms with Gasteiger partial charge in [0.2, 0.25) is 0 Å². The third kappa shape index (κ3) is 3.68. The minimum atomic E-state index is -0.234. The van der Waals surface area contributed by atoms with E-state index in [1.165, 1.54) is 12.1 Å². The van der Waals surface area contributed by atoms with Gasteiger partial charge in [-0.15, -0.1) is 0 Å². The molecule has 1 unspecified atom stereocenters. The Morgan fingerprint density at radius 1 is 1.20 bits per heavy atom. The molecule has 1 atom stereocenters. The summed E-state index contributed by atoms with van der Waals surface area (Å²) in [6, 6.07) is 10.3. The number of furan rings is 1. The summed E-state index contributed by atoms with van der Waals surface area (Å²) in [7, 11) is 1.63. The molecule has 4 heteroatoms. The van der Waals surface area contributed by atoms with Crippen molar-refractivity contribution in [2.24, 2.45) is 0 Å². The largest absolute Gasteiger partial charge is 0.462 e. The van der Waals surface area contributed by atoms with E-state index in [4.69, 9.17) is 9.15 Å². The molecule has 1 heterocycles. The molecule has 108 valence electrons. The maximum absolute atomic E-state index is 13.0. The molecule has 0 aliphatic heterocycles. The van der Waals surface area contributed by atoms with Crippen molar-refractivity contribution in [3.63, 3.8) is 0 Å². The molecule has 0 radical (unpaired) electrons. The van der Waals surface area contributed by atoms with Crippen molar-refractivity contribution < 1.29 is 13.5 Å². The van der Waals surface area contributed by atoms with Crippen molar-refractivity contribution in [3.8, 4) is 0 Å². The van der Waals surface area contributed by atoms with Crippen LogP contribution in [0, 0.1) is 5.82 Å². The average Bonchev–Trinajstić information content (AvgIpc) is 2.90. The first-order chi connectivity index (χ1) is 9.74. The van der Waals surface area contributed by atoms with Crippen LogP contribution in [0.1, 0.15) is 36.5 Å². The Morgan fingerprint density at radius 3 is 2.60 bits per heavy atom. The van der Waals surface area contributed by atoms with E-state index in [0.717, 1.165) is 30.0 Å². The highest BCUT2D eigenvalue weighted by molar-refractivity contribution is 5.27. The van der Waals surface area contributed by atoms with Crippen LogP contribution in [-0.4, -0.2) is 13.7 Å². The van der Waals surface area contributed by atoms with E-state index in [1.807, 2.05) is 12.1 Å². The van der Waals surface area contributed by atoms with Crippen molar-refractivity contribution in [1.29, 1.82) is 0 Å². The average molecular weight is 277 g/mol. The Kier molecular flexibility index (Phi) is 5.32. The molecule has 0 saturated carbocycles. The number of benzene rings is 1. The second kappa shape index (κ2) is 7.22. The fourth-order valence-electron chi connectivity index (χ4n) is 2.10. The van der Waals surface area contributed by atoms with Crippen LogP contribution in [0.25, 0.3) is 0 Å². The quantitative estimate of drug-likeness (QED) is 0.838. The molecule has 2 aromatic rings. The summed E-state index contributed by atoms with van der Waals surface area (Å²) in [5.74, 6) is 1.37. The monoisotopic (exact) mass is 277 g/mol. The summed E-state index contributed by atoms with van der Waals surface area (Å²) in [4.78, 5) is 0. The summed E-state index contributed by atoms with van der Waals surface area (Å²) >= 11 is 0. The molecule has 0 aliphatic carbocycles. The van der Waals surface area contributed by atoms with E-state index in [9.17, 15) is 4.39 Å². The number of methoxy groups -OCH3 is 1. The molecule has 3 nitrogen and oxygen atoms in total. The van der Waals surface area contributed by atoms with Crippen LogP contribution in [0.2, 0.25) is 0 Å². The van der Waals surface area contributed by atoms with Gasteiger partial charge >= 0.3 is 0 Å². The number of ether oxygens (including phenoxy) is 1. The highest BCUT2D eigenvalue weighted by Crippen LogP contribution is 2.24. The highest BCUT2D eigenvalue weighted by atomic mass is 19.1. The van der Waals surface area contributed by atoms with E-state index < -0.39 is 0 Å². The van der Waals surface area contributed by atoms with Gasteiger partial charge in [0.25, 0.3) is 0 Å². The van der Waals surface area contributed by atoms with E-state index in [-0.39, 0.29) is 11.9 Å². The fraction of sp³-hybridized carbons (Fsp3) is 0.375. The molecular formula is C16H20FNO2. The van der Waals surface area contributed by atoms with Crippen LogP contribution in [0.4, 0.5) is 4.39 Å². The summed E-state index contributed by atoms with van der Waals surface area (Å²) in [5.41, 5.74) is 0.984. The second-order valence-corrected chi connectivity index (χ2v) is 4.68. The zero-order valence-electron chi connectivity index (χ0n) is 11.9. The van der Waals surface area contributed by atoms with Gasteiger partial charge in [0.1, 0.15) is 23.9 Å². The Bertz CT molecular complexity index is 522. The second-order valence-electron chi connectivity index (χ2n) is 4.68. The Hall–Kier alpha value is -1.65. The first kappa shape index (κ1) is 14.8. The molecule has 20 heavy (non-hydrogen) atoms. The first-order valence-corrected chi connectivity index (χ1v) is 6.81. The minimum absolute atomic E-state index is 0.0684. The Labute approximate surface area is 118 Å². The maximum Gasteiger partial charge on any atom is 0.129 e. The Morgan fingerprint density at radius 2 is 1.95 bits per heavy atom. The molecule has 0 saturated heterocycles. The van der Waals surface area contributed by atoms with Crippen molar-refractivity contribution >= 4 is 0 Å². The van der Waals surface area contributed by atoms with Crippen LogP contribution < -0.4 is 5.32 Å². The highest BCUT2D eigenvalue weighted by Gasteiger charge is 2.17. The van der Waals surface area contributed by atoms with E-state index in [2.05, 4.69) is 12.2 Å². The van der Waals surface area contributed by atoms with E-state index >= 15 is 0 Å². The van der Waals surface area contributed by atoms with Gasteiger partial charge in [0.05, 0.1) is 6.04 Å². The summed E-state index contributed by atoms with van der Waals surface area (Å²) in [5, 5.41) is 3.42. The molecule has 0 spiro atoms. The van der Waals surface area contributed by atoms with Crippen molar-refractivity contribution in [2.75, 3.05) is 13.7 Å². The zero-order valence-corrected chi connectivity index (χ0v) is 11.9. The SMILES string of the molecule is CCCNC(c1ccc(F)cc1)c1ccc(COC)o1. The lowest BCUT2D eigenvalue weighted by atomic mass is 10.0. The van der Waals surface area contributed by atoms with Crippen LogP contribution in [-0.2, 0) is 11.3 Å². The predicted molar refractivity (Wildman–Crippen MR) is 76.0 cm³/mol. The predicted octanol–water partition coefficient (Wildman–Crippen LogP) is 3.65. The Balaban J connectivity index is 2.23. The smallest absolute Gasteiger partial charge is 0.129 e. The number of rotatable bonds is 7. The van der Waals surface area contributed by atoms with E-state index in [0.29, 0.717) is 6.61 Å². The molecule has 0 bridgehead atoms. The van der Waals surface area contributed by atoms with Gasteiger partial charge in [0, 0.05) is 7.11 Å². The summed E-state index contributed by atoms with van der Waals surface area (Å²) in [6.45, 7) is 3.42. The van der Waals surface area contributed by atoms with Crippen molar-refractivity contribution in [3.05, 3.63) is 59.3 Å². The molecule has 0 fully saturated rings. The van der Waals surface area contributed by atoms with Crippen molar-refractivity contribution in [1.82, 2.24) is 5.32 Å². The van der Waals surface area contributed by atoms with Gasteiger partial charge in [-0.2, -0.15) is 0 Å². The lowest BCUT2D eigenvalue weighted by molar-refractivity contribution is 0.162. The standard InChI is InChI=1S/C16H20FNO2/c1-3-10-18-16(12-4-6-13(17)7-5-12)15-9-8-14(20-15)11-19-2/h4-9,16,18H,3,10-11H2,1-2H3. The van der Waals surface area contributed by atoms with Crippen LogP contribution in [0.3, 0.4) is 0 Å². The lowest BCUT2D eigenvalue weighted by Gasteiger charge is -2.16. The number of halogens is 1. The topological polar surface area (TPSA) is 34.4 Å². The van der Waals surface area contributed by atoms with Crippen LogP contribution >= 0.6 is 0 Å². The third-order valence-electron chi connectivity index (χ3n) is 3.06. The van der Waals surface area contributed by atoms with E-state index in [1.54, 1.807) is 19.2 Å².